The maximum absolute atomic E-state index is 13.2. The molecular formula is C28H24N6O3. The number of rotatable bonds is 5. The van der Waals surface area contributed by atoms with E-state index in [0.717, 1.165) is 21.4 Å². The molecular weight excluding hydrogens is 468 g/mol. The summed E-state index contributed by atoms with van der Waals surface area (Å²) in [6, 6.07) is 24.2. The van der Waals surface area contributed by atoms with Crippen molar-refractivity contribution in [3.8, 4) is 11.3 Å². The number of nitrogens with one attached hydrogen (secondary N) is 2. The molecule has 0 aliphatic rings. The Hall–Kier alpha value is -5.05. The minimum absolute atomic E-state index is 0.0246. The highest BCUT2D eigenvalue weighted by Gasteiger charge is 2.21. The van der Waals surface area contributed by atoms with Crippen LogP contribution in [0.15, 0.2) is 89.9 Å². The summed E-state index contributed by atoms with van der Waals surface area (Å²) < 4.78 is 2.80. The van der Waals surface area contributed by atoms with Crippen LogP contribution in [0, 0.1) is 6.92 Å². The summed E-state index contributed by atoms with van der Waals surface area (Å²) in [4.78, 5) is 38.6. The van der Waals surface area contributed by atoms with E-state index in [0.29, 0.717) is 28.6 Å². The molecule has 0 unspecified atom stereocenters. The van der Waals surface area contributed by atoms with Gasteiger partial charge >= 0.3 is 0 Å². The van der Waals surface area contributed by atoms with Crippen LogP contribution in [0.25, 0.3) is 22.0 Å². The van der Waals surface area contributed by atoms with Crippen LogP contribution in [-0.4, -0.2) is 31.4 Å². The Morgan fingerprint density at radius 1 is 0.811 bits per heavy atom. The van der Waals surface area contributed by atoms with Crippen LogP contribution in [0.1, 0.15) is 32.0 Å². The summed E-state index contributed by atoms with van der Waals surface area (Å²) in [5, 5.41) is 9.52. The van der Waals surface area contributed by atoms with Gasteiger partial charge in [-0.2, -0.15) is 10.2 Å². The number of hydrogen-bond acceptors (Lipinski definition) is 5. The second-order valence-electron chi connectivity index (χ2n) is 8.67. The van der Waals surface area contributed by atoms with Crippen LogP contribution in [0.4, 0.5) is 0 Å². The van der Waals surface area contributed by atoms with Crippen molar-refractivity contribution >= 4 is 22.6 Å². The fourth-order valence-electron chi connectivity index (χ4n) is 4.07. The molecule has 2 N–H and O–H groups in total. The molecule has 2 heterocycles. The molecule has 0 saturated carbocycles. The molecule has 0 fully saturated rings. The molecule has 0 atom stereocenters. The second-order valence-corrected chi connectivity index (χ2v) is 8.67. The molecule has 2 amide bonds. The minimum atomic E-state index is -0.645. The number of benzene rings is 3. The largest absolute Gasteiger partial charge is 0.290 e. The first-order valence-corrected chi connectivity index (χ1v) is 11.7. The summed E-state index contributed by atoms with van der Waals surface area (Å²) in [6.07, 6.45) is 1.66. The molecule has 0 bridgehead atoms. The van der Waals surface area contributed by atoms with E-state index in [2.05, 4.69) is 21.0 Å². The average Bonchev–Trinajstić information content (AvgIpc) is 3.34. The number of aromatic nitrogens is 4. The van der Waals surface area contributed by atoms with Crippen LogP contribution in [0.3, 0.4) is 0 Å². The number of carbonyl (C=O) groups is 2. The summed E-state index contributed by atoms with van der Waals surface area (Å²) in [7, 11) is 1.47. The van der Waals surface area contributed by atoms with Crippen molar-refractivity contribution in [1.29, 1.82) is 0 Å². The maximum atomic E-state index is 13.2. The predicted molar refractivity (Wildman–Crippen MR) is 140 cm³/mol. The molecule has 9 heteroatoms. The highest BCUT2D eigenvalue weighted by atomic mass is 16.2. The van der Waals surface area contributed by atoms with E-state index >= 15 is 0 Å². The summed E-state index contributed by atoms with van der Waals surface area (Å²) >= 11 is 0. The number of hydrazine groups is 1. The number of hydrogen-bond donors (Lipinski definition) is 2. The fraction of sp³-hybridized carbons (Fsp3) is 0.107. The van der Waals surface area contributed by atoms with Crippen LogP contribution in [0.2, 0.25) is 0 Å². The van der Waals surface area contributed by atoms with Gasteiger partial charge in [-0.1, -0.05) is 78.4 Å². The molecule has 184 valence electrons. The van der Waals surface area contributed by atoms with Gasteiger partial charge in [-0.15, -0.1) is 0 Å². The Balaban J connectivity index is 1.43. The second kappa shape index (κ2) is 9.90. The number of carbonyl (C=O) groups excluding carboxylic acids is 2. The Morgan fingerprint density at radius 2 is 1.46 bits per heavy atom. The molecule has 37 heavy (non-hydrogen) atoms. The molecule has 0 aliphatic heterocycles. The van der Waals surface area contributed by atoms with Gasteiger partial charge in [0.25, 0.3) is 17.4 Å². The number of fused-ring (bicyclic) bond motifs is 1. The third-order valence-electron chi connectivity index (χ3n) is 5.98. The van der Waals surface area contributed by atoms with E-state index in [9.17, 15) is 14.4 Å². The van der Waals surface area contributed by atoms with Crippen molar-refractivity contribution in [2.75, 3.05) is 0 Å². The lowest BCUT2D eigenvalue weighted by Crippen LogP contribution is -2.42. The molecule has 0 spiro atoms. The van der Waals surface area contributed by atoms with Crippen LogP contribution in [-0.2, 0) is 13.6 Å². The van der Waals surface area contributed by atoms with Gasteiger partial charge in [0.15, 0.2) is 5.69 Å². The van der Waals surface area contributed by atoms with Gasteiger partial charge in [0, 0.05) is 24.2 Å². The molecule has 0 radical (unpaired) electrons. The van der Waals surface area contributed by atoms with E-state index in [1.165, 1.54) is 7.05 Å². The van der Waals surface area contributed by atoms with Crippen molar-refractivity contribution in [3.63, 3.8) is 0 Å². The molecule has 2 aromatic heterocycles. The van der Waals surface area contributed by atoms with Gasteiger partial charge in [-0.25, -0.2) is 4.68 Å². The van der Waals surface area contributed by atoms with Crippen LogP contribution in [0.5, 0.6) is 0 Å². The van der Waals surface area contributed by atoms with Gasteiger partial charge < -0.3 is 0 Å². The van der Waals surface area contributed by atoms with Gasteiger partial charge in [-0.3, -0.25) is 29.9 Å². The van der Waals surface area contributed by atoms with E-state index in [1.54, 1.807) is 35.1 Å². The topological polar surface area (TPSA) is 111 Å². The van der Waals surface area contributed by atoms with Crippen molar-refractivity contribution in [2.24, 2.45) is 7.05 Å². The lowest BCUT2D eigenvalue weighted by Gasteiger charge is -2.10. The van der Waals surface area contributed by atoms with E-state index in [4.69, 9.17) is 0 Å². The van der Waals surface area contributed by atoms with Gasteiger partial charge in [-0.05, 0) is 18.6 Å². The summed E-state index contributed by atoms with van der Waals surface area (Å²) in [5.41, 5.74) is 8.31. The first-order valence-electron chi connectivity index (χ1n) is 11.7. The minimum Gasteiger partial charge on any atom is -0.267 e. The molecule has 9 nitrogen and oxygen atoms in total. The molecule has 0 aliphatic carbocycles. The Labute approximate surface area is 212 Å². The third kappa shape index (κ3) is 4.87. The average molecular weight is 493 g/mol. The zero-order valence-corrected chi connectivity index (χ0v) is 20.3. The normalized spacial score (nSPS) is 10.9. The van der Waals surface area contributed by atoms with Crippen molar-refractivity contribution in [1.82, 2.24) is 30.4 Å². The summed E-state index contributed by atoms with van der Waals surface area (Å²) in [6.45, 7) is 2.46. The predicted octanol–water partition coefficient (Wildman–Crippen LogP) is 3.23. The third-order valence-corrected chi connectivity index (χ3v) is 5.98. The van der Waals surface area contributed by atoms with E-state index in [-0.39, 0.29) is 11.3 Å². The number of amides is 2. The van der Waals surface area contributed by atoms with Gasteiger partial charge in [0.1, 0.15) is 5.69 Å². The SMILES string of the molecule is Cc1ccc(-c2nn(Cc3ccccc3)cc2C(=O)NNC(=O)c2nn(C)c(=O)c3ccccc23)cc1. The Bertz CT molecular complexity index is 1670. The van der Waals surface area contributed by atoms with Crippen molar-refractivity contribution in [2.45, 2.75) is 13.5 Å². The zero-order valence-electron chi connectivity index (χ0n) is 20.3. The fourth-order valence-corrected chi connectivity index (χ4v) is 4.07. The molecule has 3 aromatic carbocycles. The first kappa shape index (κ1) is 23.7. The Morgan fingerprint density at radius 3 is 2.19 bits per heavy atom. The highest BCUT2D eigenvalue weighted by molar-refractivity contribution is 6.06. The van der Waals surface area contributed by atoms with Gasteiger partial charge in [0.05, 0.1) is 17.5 Å². The Kier molecular flexibility index (Phi) is 6.34. The quantitative estimate of drug-likeness (QED) is 0.366. The zero-order chi connectivity index (χ0) is 25.9. The van der Waals surface area contributed by atoms with Crippen molar-refractivity contribution in [3.05, 3.63) is 118 Å². The number of nitrogens with zero attached hydrogens (tertiary/aromatic N) is 4. The van der Waals surface area contributed by atoms with Crippen LogP contribution < -0.4 is 16.4 Å². The van der Waals surface area contributed by atoms with E-state index in [1.807, 2.05) is 61.5 Å². The standard InChI is InChI=1S/C28H24N6O3/c1-18-12-14-20(15-13-18)24-23(17-34(32-24)16-19-8-4-3-5-9-19)26(35)29-30-27(36)25-21-10-6-7-11-22(21)28(37)33(2)31-25/h3-15,17H,16H2,1-2H3,(H,29,35)(H,30,36). The molecule has 5 rings (SSSR count). The first-order chi connectivity index (χ1) is 17.9. The van der Waals surface area contributed by atoms with Crippen LogP contribution >= 0.6 is 0 Å². The number of aryl methyl sites for hydroxylation is 2. The van der Waals surface area contributed by atoms with Crippen molar-refractivity contribution < 1.29 is 9.59 Å². The van der Waals surface area contributed by atoms with E-state index < -0.39 is 11.8 Å². The maximum Gasteiger partial charge on any atom is 0.290 e. The highest BCUT2D eigenvalue weighted by Crippen LogP contribution is 2.23. The molecule has 0 saturated heterocycles. The monoisotopic (exact) mass is 492 g/mol. The van der Waals surface area contributed by atoms with Gasteiger partial charge in [0.2, 0.25) is 0 Å². The lowest BCUT2D eigenvalue weighted by atomic mass is 10.1. The lowest BCUT2D eigenvalue weighted by molar-refractivity contribution is 0.0844. The summed E-state index contributed by atoms with van der Waals surface area (Å²) in [5.74, 6) is -1.17. The smallest absolute Gasteiger partial charge is 0.267 e. The molecule has 5 aromatic rings.